The number of hydrogen-bond donors (Lipinski definition) is 2. The van der Waals surface area contributed by atoms with Crippen molar-refractivity contribution < 1.29 is 5.11 Å². The molecule has 2 nitrogen and oxygen atoms in total. The van der Waals surface area contributed by atoms with E-state index in [1.165, 1.54) is 10.4 Å². The van der Waals surface area contributed by atoms with Gasteiger partial charge in [0.25, 0.3) is 0 Å². The molecule has 16 heavy (non-hydrogen) atoms. The Morgan fingerprint density at radius 3 is 2.56 bits per heavy atom. The minimum absolute atomic E-state index is 0.234. The van der Waals surface area contributed by atoms with Crippen molar-refractivity contribution in [1.82, 2.24) is 5.32 Å². The molecule has 1 heterocycles. The number of aryl methyl sites for hydroxylation is 1. The minimum Gasteiger partial charge on any atom is -0.392 e. The van der Waals surface area contributed by atoms with Gasteiger partial charge in [-0.2, -0.15) is 0 Å². The molecule has 0 bridgehead atoms. The Labute approximate surface area is 103 Å². The molecule has 1 aromatic heterocycles. The van der Waals surface area contributed by atoms with Gasteiger partial charge in [-0.25, -0.2) is 0 Å². The molecule has 0 aliphatic heterocycles. The van der Waals surface area contributed by atoms with Crippen LogP contribution in [-0.4, -0.2) is 17.8 Å². The first kappa shape index (κ1) is 13.7. The SMILES string of the molecule is Cc1ccsc1C(C)NCC(O)CC(C)C. The summed E-state index contributed by atoms with van der Waals surface area (Å²) >= 11 is 1.78. The molecule has 1 rings (SSSR count). The third-order valence-corrected chi connectivity index (χ3v) is 3.90. The lowest BCUT2D eigenvalue weighted by molar-refractivity contribution is 0.143. The highest BCUT2D eigenvalue weighted by Gasteiger charge is 2.12. The Balaban J connectivity index is 2.35. The van der Waals surface area contributed by atoms with E-state index in [1.54, 1.807) is 11.3 Å². The summed E-state index contributed by atoms with van der Waals surface area (Å²) in [5.74, 6) is 0.551. The van der Waals surface area contributed by atoms with E-state index in [2.05, 4.69) is 44.5 Å². The van der Waals surface area contributed by atoms with Crippen molar-refractivity contribution in [2.45, 2.75) is 46.3 Å². The maximum atomic E-state index is 9.78. The van der Waals surface area contributed by atoms with Gasteiger partial charge in [-0.15, -0.1) is 11.3 Å². The lowest BCUT2D eigenvalue weighted by Gasteiger charge is -2.18. The molecule has 2 unspecified atom stereocenters. The summed E-state index contributed by atoms with van der Waals surface area (Å²) in [6.07, 6.45) is 0.631. The van der Waals surface area contributed by atoms with Gasteiger partial charge >= 0.3 is 0 Å². The van der Waals surface area contributed by atoms with Gasteiger partial charge in [0.2, 0.25) is 0 Å². The highest BCUT2D eigenvalue weighted by molar-refractivity contribution is 7.10. The summed E-state index contributed by atoms with van der Waals surface area (Å²) in [4.78, 5) is 1.37. The van der Waals surface area contributed by atoms with E-state index in [4.69, 9.17) is 0 Å². The fourth-order valence-corrected chi connectivity index (χ4v) is 2.82. The molecule has 0 saturated carbocycles. The van der Waals surface area contributed by atoms with Gasteiger partial charge in [-0.05, 0) is 43.2 Å². The Morgan fingerprint density at radius 1 is 1.38 bits per heavy atom. The van der Waals surface area contributed by atoms with Crippen LogP contribution in [0.1, 0.15) is 43.7 Å². The van der Waals surface area contributed by atoms with Gasteiger partial charge in [0.15, 0.2) is 0 Å². The Bertz CT molecular complexity index is 309. The van der Waals surface area contributed by atoms with Crippen LogP contribution in [0.4, 0.5) is 0 Å². The average Bonchev–Trinajstić information content (AvgIpc) is 2.60. The first-order valence-corrected chi connectivity index (χ1v) is 6.84. The highest BCUT2D eigenvalue weighted by Crippen LogP contribution is 2.23. The monoisotopic (exact) mass is 241 g/mol. The molecule has 0 saturated heterocycles. The fraction of sp³-hybridized carbons (Fsp3) is 0.692. The topological polar surface area (TPSA) is 32.3 Å². The van der Waals surface area contributed by atoms with Crippen LogP contribution < -0.4 is 5.32 Å². The summed E-state index contributed by atoms with van der Waals surface area (Å²) in [5, 5.41) is 15.3. The van der Waals surface area contributed by atoms with Gasteiger partial charge in [0.1, 0.15) is 0 Å². The molecular formula is C13H23NOS. The molecule has 0 aliphatic rings. The highest BCUT2D eigenvalue weighted by atomic mass is 32.1. The van der Waals surface area contributed by atoms with E-state index in [0.29, 0.717) is 18.5 Å². The second-order valence-electron chi connectivity index (χ2n) is 4.88. The van der Waals surface area contributed by atoms with E-state index in [1.807, 2.05) is 0 Å². The largest absolute Gasteiger partial charge is 0.392 e. The normalized spacial score (nSPS) is 15.4. The smallest absolute Gasteiger partial charge is 0.0667 e. The van der Waals surface area contributed by atoms with Crippen LogP contribution >= 0.6 is 11.3 Å². The minimum atomic E-state index is -0.234. The molecule has 0 amide bonds. The van der Waals surface area contributed by atoms with E-state index < -0.39 is 0 Å². The quantitative estimate of drug-likeness (QED) is 0.802. The van der Waals surface area contributed by atoms with Gasteiger partial charge < -0.3 is 10.4 Å². The molecule has 92 valence electrons. The molecule has 0 spiro atoms. The van der Waals surface area contributed by atoms with Crippen LogP contribution in [0, 0.1) is 12.8 Å². The molecule has 2 N–H and O–H groups in total. The molecule has 2 atom stereocenters. The van der Waals surface area contributed by atoms with E-state index >= 15 is 0 Å². The Morgan fingerprint density at radius 2 is 2.06 bits per heavy atom. The van der Waals surface area contributed by atoms with E-state index in [-0.39, 0.29) is 6.10 Å². The summed E-state index contributed by atoms with van der Waals surface area (Å²) in [7, 11) is 0. The van der Waals surface area contributed by atoms with Crippen molar-refractivity contribution in [1.29, 1.82) is 0 Å². The van der Waals surface area contributed by atoms with Crippen LogP contribution in [0.5, 0.6) is 0 Å². The first-order chi connectivity index (χ1) is 7.50. The van der Waals surface area contributed by atoms with Gasteiger partial charge in [0, 0.05) is 17.5 Å². The number of aliphatic hydroxyl groups is 1. The third-order valence-electron chi connectivity index (χ3n) is 2.70. The van der Waals surface area contributed by atoms with Crippen LogP contribution in [-0.2, 0) is 0 Å². The summed E-state index contributed by atoms with van der Waals surface area (Å²) in [5.41, 5.74) is 1.34. The zero-order valence-electron chi connectivity index (χ0n) is 10.7. The van der Waals surface area contributed by atoms with E-state index in [9.17, 15) is 5.11 Å². The number of hydrogen-bond acceptors (Lipinski definition) is 3. The number of aliphatic hydroxyl groups excluding tert-OH is 1. The Hall–Kier alpha value is -0.380. The Kier molecular flexibility index (Phi) is 5.46. The number of nitrogens with one attached hydrogen (secondary N) is 1. The third kappa shape index (κ3) is 4.24. The number of thiophene rings is 1. The van der Waals surface area contributed by atoms with Gasteiger partial charge in [-0.3, -0.25) is 0 Å². The summed E-state index contributed by atoms with van der Waals surface area (Å²) in [6.45, 7) is 9.23. The zero-order chi connectivity index (χ0) is 12.1. The van der Waals surface area contributed by atoms with Crippen LogP contribution in [0.25, 0.3) is 0 Å². The van der Waals surface area contributed by atoms with Crippen LogP contribution in [0.15, 0.2) is 11.4 Å². The molecule has 0 aromatic carbocycles. The standard InChI is InChI=1S/C13H23NOS/c1-9(2)7-12(15)8-14-11(4)13-10(3)5-6-16-13/h5-6,9,11-12,14-15H,7-8H2,1-4H3. The second-order valence-corrected chi connectivity index (χ2v) is 5.83. The molecule has 0 radical (unpaired) electrons. The maximum Gasteiger partial charge on any atom is 0.0667 e. The second kappa shape index (κ2) is 6.38. The summed E-state index contributed by atoms with van der Waals surface area (Å²) < 4.78 is 0. The lowest BCUT2D eigenvalue weighted by atomic mass is 10.1. The fourth-order valence-electron chi connectivity index (χ4n) is 1.86. The van der Waals surface area contributed by atoms with Crippen LogP contribution in [0.3, 0.4) is 0 Å². The van der Waals surface area contributed by atoms with E-state index in [0.717, 1.165) is 6.42 Å². The van der Waals surface area contributed by atoms with Gasteiger partial charge in [0.05, 0.1) is 6.10 Å². The van der Waals surface area contributed by atoms with Gasteiger partial charge in [-0.1, -0.05) is 13.8 Å². The van der Waals surface area contributed by atoms with Crippen molar-refractivity contribution in [2.75, 3.05) is 6.54 Å². The predicted molar refractivity (Wildman–Crippen MR) is 70.9 cm³/mol. The van der Waals surface area contributed by atoms with Crippen molar-refractivity contribution >= 4 is 11.3 Å². The predicted octanol–water partition coefficient (Wildman–Crippen LogP) is 3.11. The summed E-state index contributed by atoms with van der Waals surface area (Å²) in [6, 6.07) is 2.48. The first-order valence-electron chi connectivity index (χ1n) is 5.96. The average molecular weight is 241 g/mol. The lowest BCUT2D eigenvalue weighted by Crippen LogP contribution is -2.29. The molecule has 1 aromatic rings. The van der Waals surface area contributed by atoms with Crippen molar-refractivity contribution in [3.8, 4) is 0 Å². The molecule has 3 heteroatoms. The zero-order valence-corrected chi connectivity index (χ0v) is 11.5. The van der Waals surface area contributed by atoms with Crippen LogP contribution in [0.2, 0.25) is 0 Å². The number of rotatable bonds is 6. The molecular weight excluding hydrogens is 218 g/mol. The molecule has 0 aliphatic carbocycles. The van der Waals surface area contributed by atoms with Crippen molar-refractivity contribution in [3.63, 3.8) is 0 Å². The van der Waals surface area contributed by atoms with Crippen molar-refractivity contribution in [3.05, 3.63) is 21.9 Å². The molecule has 0 fully saturated rings. The maximum absolute atomic E-state index is 9.78. The van der Waals surface area contributed by atoms with Crippen molar-refractivity contribution in [2.24, 2.45) is 5.92 Å².